The van der Waals surface area contributed by atoms with Crippen LogP contribution in [-0.2, 0) is 10.0 Å². The largest absolute Gasteiger partial charge is 0.255 e. The van der Waals surface area contributed by atoms with Crippen LogP contribution < -0.4 is 4.72 Å². The maximum atomic E-state index is 10.7. The normalized spacial score (nSPS) is 11.4. The van der Waals surface area contributed by atoms with E-state index in [0.29, 0.717) is 0 Å². The number of sulfonamides is 1. The molecule has 62 valence electrons. The van der Waals surface area contributed by atoms with Crippen molar-refractivity contribution in [2.45, 2.75) is 0 Å². The van der Waals surface area contributed by atoms with Gasteiger partial charge in [-0.15, -0.1) is 11.6 Å². The van der Waals surface area contributed by atoms with Crippen LogP contribution in [0, 0.1) is 0 Å². The van der Waals surface area contributed by atoms with Gasteiger partial charge in [-0.1, -0.05) is 9.59 Å². The number of alkyl halides is 1. The van der Waals surface area contributed by atoms with E-state index in [0.717, 1.165) is 11.5 Å². The van der Waals surface area contributed by atoms with E-state index in [1.807, 2.05) is 0 Å². The Hall–Kier alpha value is -0.470. The van der Waals surface area contributed by atoms with Gasteiger partial charge in [0, 0.05) is 11.5 Å². The molecule has 1 N–H and O–H groups in total. The van der Waals surface area contributed by atoms with Crippen LogP contribution in [0.15, 0.2) is 0 Å². The van der Waals surface area contributed by atoms with Gasteiger partial charge < -0.3 is 0 Å². The number of hydrogen-bond donors (Lipinski definition) is 1. The second-order valence-electron chi connectivity index (χ2n) is 1.49. The minimum atomic E-state index is -3.46. The van der Waals surface area contributed by atoms with Gasteiger partial charge in [0.05, 0.1) is 0 Å². The first kappa shape index (κ1) is 8.62. The molecule has 9 heteroatoms. The third-order valence-corrected chi connectivity index (χ3v) is 2.98. The maximum absolute atomic E-state index is 10.7. The quantitative estimate of drug-likeness (QED) is 0.709. The SMILES string of the molecule is O=S(=O)(CCl)Nc1nnns1. The van der Waals surface area contributed by atoms with Crippen molar-refractivity contribution in [1.29, 1.82) is 0 Å². The van der Waals surface area contributed by atoms with Crippen LogP contribution in [0.1, 0.15) is 0 Å². The molecule has 0 fully saturated rings. The molecule has 1 rings (SSSR count). The summed E-state index contributed by atoms with van der Waals surface area (Å²) in [5.74, 6) is 0. The van der Waals surface area contributed by atoms with Crippen molar-refractivity contribution >= 4 is 38.3 Å². The molecule has 1 heterocycles. The van der Waals surface area contributed by atoms with Gasteiger partial charge in [-0.3, -0.25) is 4.72 Å². The predicted octanol–water partition coefficient (Wildman–Crippen LogP) is -0.129. The summed E-state index contributed by atoms with van der Waals surface area (Å²) >= 11 is 5.94. The molecule has 0 bridgehead atoms. The van der Waals surface area contributed by atoms with Crippen LogP contribution in [-0.4, -0.2) is 28.4 Å². The van der Waals surface area contributed by atoms with Crippen molar-refractivity contribution in [1.82, 2.24) is 14.8 Å². The molecule has 0 amide bonds. The van der Waals surface area contributed by atoms with Crippen molar-refractivity contribution in [2.75, 3.05) is 9.93 Å². The minimum Gasteiger partial charge on any atom is -0.255 e. The standard InChI is InChI=1S/C2H3ClN4O2S2/c3-1-11(8,9)5-2-4-6-7-10-2/h1H2,(H,4,5,7). The van der Waals surface area contributed by atoms with Gasteiger partial charge in [-0.25, -0.2) is 8.42 Å². The minimum absolute atomic E-state index is 0.116. The molecule has 11 heavy (non-hydrogen) atoms. The molecule has 0 aliphatic heterocycles. The van der Waals surface area contributed by atoms with Crippen LogP contribution in [0.2, 0.25) is 0 Å². The number of hydrogen-bond acceptors (Lipinski definition) is 6. The van der Waals surface area contributed by atoms with Crippen LogP contribution in [0.4, 0.5) is 5.13 Å². The molecule has 0 aliphatic carbocycles. The highest BCUT2D eigenvalue weighted by Crippen LogP contribution is 2.07. The summed E-state index contributed by atoms with van der Waals surface area (Å²) in [7, 11) is -3.46. The molecular weight excluding hydrogens is 212 g/mol. The molecule has 1 aromatic heterocycles. The van der Waals surface area contributed by atoms with E-state index in [2.05, 4.69) is 19.5 Å². The number of nitrogens with zero attached hydrogens (tertiary/aromatic N) is 3. The average molecular weight is 215 g/mol. The number of aromatic nitrogens is 3. The Bertz CT molecular complexity index is 307. The van der Waals surface area contributed by atoms with Crippen LogP contribution >= 0.6 is 23.1 Å². The number of rotatable bonds is 3. The summed E-state index contributed by atoms with van der Waals surface area (Å²) in [4.78, 5) is 0. The molecule has 1 aromatic rings. The van der Waals surface area contributed by atoms with E-state index in [4.69, 9.17) is 11.6 Å². The van der Waals surface area contributed by atoms with Gasteiger partial charge in [0.1, 0.15) is 5.21 Å². The fourth-order valence-corrected chi connectivity index (χ4v) is 1.61. The Balaban J connectivity index is 2.72. The molecule has 0 atom stereocenters. The summed E-state index contributed by atoms with van der Waals surface area (Å²) in [5.41, 5.74) is 0. The van der Waals surface area contributed by atoms with E-state index in [1.165, 1.54) is 0 Å². The highest BCUT2D eigenvalue weighted by Gasteiger charge is 2.09. The first-order valence-electron chi connectivity index (χ1n) is 2.35. The predicted molar refractivity (Wildman–Crippen MR) is 41.0 cm³/mol. The van der Waals surface area contributed by atoms with Gasteiger partial charge >= 0.3 is 0 Å². The van der Waals surface area contributed by atoms with E-state index in [9.17, 15) is 8.42 Å². The van der Waals surface area contributed by atoms with Crippen molar-refractivity contribution in [3.05, 3.63) is 0 Å². The van der Waals surface area contributed by atoms with Gasteiger partial charge in [-0.05, 0) is 5.21 Å². The van der Waals surface area contributed by atoms with E-state index >= 15 is 0 Å². The summed E-state index contributed by atoms with van der Waals surface area (Å²) in [6.07, 6.45) is 0. The maximum Gasteiger partial charge on any atom is 0.248 e. The summed E-state index contributed by atoms with van der Waals surface area (Å²) in [5, 5.41) is 6.16. The first-order chi connectivity index (χ1) is 5.14. The monoisotopic (exact) mass is 214 g/mol. The van der Waals surface area contributed by atoms with Crippen molar-refractivity contribution in [3.8, 4) is 0 Å². The Labute approximate surface area is 71.8 Å². The zero-order chi connectivity index (χ0) is 8.32. The summed E-state index contributed by atoms with van der Waals surface area (Å²) in [6.45, 7) is 0. The lowest BCUT2D eigenvalue weighted by Crippen LogP contribution is -2.13. The smallest absolute Gasteiger partial charge is 0.248 e. The molecule has 6 nitrogen and oxygen atoms in total. The molecule has 0 saturated heterocycles. The molecule has 0 spiro atoms. The second kappa shape index (κ2) is 3.28. The molecule has 0 aliphatic rings. The Kier molecular flexibility index (Phi) is 2.58. The van der Waals surface area contributed by atoms with Gasteiger partial charge in [0.2, 0.25) is 15.2 Å². The number of halogens is 1. The van der Waals surface area contributed by atoms with Crippen molar-refractivity contribution < 1.29 is 8.42 Å². The van der Waals surface area contributed by atoms with Crippen LogP contribution in [0.25, 0.3) is 0 Å². The van der Waals surface area contributed by atoms with Crippen molar-refractivity contribution in [3.63, 3.8) is 0 Å². The molecule has 0 saturated carbocycles. The highest BCUT2D eigenvalue weighted by atomic mass is 35.5. The number of nitrogens with one attached hydrogen (secondary N) is 1. The molecule has 0 radical (unpaired) electrons. The van der Waals surface area contributed by atoms with Gasteiger partial charge in [-0.2, -0.15) is 0 Å². The molecule has 0 unspecified atom stereocenters. The lowest BCUT2D eigenvalue weighted by atomic mass is 11.3. The number of anilines is 1. The molecular formula is C2H3ClN4O2S2. The van der Waals surface area contributed by atoms with Crippen LogP contribution in [0.3, 0.4) is 0 Å². The fourth-order valence-electron chi connectivity index (χ4n) is 0.333. The highest BCUT2D eigenvalue weighted by molar-refractivity contribution is 7.93. The third-order valence-electron chi connectivity index (χ3n) is 0.686. The zero-order valence-corrected chi connectivity index (χ0v) is 7.45. The lowest BCUT2D eigenvalue weighted by Gasteiger charge is -1.96. The van der Waals surface area contributed by atoms with Gasteiger partial charge in [0.25, 0.3) is 0 Å². The van der Waals surface area contributed by atoms with Crippen molar-refractivity contribution in [2.24, 2.45) is 0 Å². The Morgan fingerprint density at radius 2 is 2.36 bits per heavy atom. The third kappa shape index (κ3) is 2.56. The van der Waals surface area contributed by atoms with Gasteiger partial charge in [0.15, 0.2) is 0 Å². The zero-order valence-electron chi connectivity index (χ0n) is 5.06. The second-order valence-corrected chi connectivity index (χ2v) is 4.53. The molecule has 0 aromatic carbocycles. The Morgan fingerprint density at radius 1 is 1.64 bits per heavy atom. The van der Waals surface area contributed by atoms with E-state index < -0.39 is 15.2 Å². The Morgan fingerprint density at radius 3 is 2.82 bits per heavy atom. The fraction of sp³-hybridized carbons (Fsp3) is 0.500. The summed E-state index contributed by atoms with van der Waals surface area (Å²) < 4.78 is 26.9. The van der Waals surface area contributed by atoms with Crippen LogP contribution in [0.5, 0.6) is 0 Å². The average Bonchev–Trinajstić information content (AvgIpc) is 2.39. The van der Waals surface area contributed by atoms with E-state index in [-0.39, 0.29) is 5.13 Å². The lowest BCUT2D eigenvalue weighted by molar-refractivity contribution is 0.605. The topological polar surface area (TPSA) is 84.8 Å². The summed E-state index contributed by atoms with van der Waals surface area (Å²) in [6, 6.07) is 0. The first-order valence-corrected chi connectivity index (χ1v) is 5.31. The van der Waals surface area contributed by atoms with E-state index in [1.54, 1.807) is 0 Å².